The molecule has 10 heteroatoms. The van der Waals surface area contributed by atoms with E-state index in [0.29, 0.717) is 23.3 Å². The Morgan fingerprint density at radius 2 is 1.75 bits per heavy atom. The Morgan fingerprint density at radius 3 is 2.41 bits per heavy atom. The van der Waals surface area contributed by atoms with Gasteiger partial charge in [-0.25, -0.2) is 0 Å². The summed E-state index contributed by atoms with van der Waals surface area (Å²) in [5.41, 5.74) is 1.07. The van der Waals surface area contributed by atoms with Crippen molar-refractivity contribution < 1.29 is 49.3 Å². The van der Waals surface area contributed by atoms with Crippen LogP contribution in [0, 0.1) is 5.92 Å². The minimum atomic E-state index is -1.62. The van der Waals surface area contributed by atoms with Gasteiger partial charge in [-0.2, -0.15) is 0 Å². The van der Waals surface area contributed by atoms with E-state index in [0.717, 1.165) is 0 Å². The number of ether oxygens (including phenoxy) is 4. The molecule has 0 spiro atoms. The molecule has 1 saturated carbocycles. The van der Waals surface area contributed by atoms with Crippen molar-refractivity contribution in [2.75, 3.05) is 13.7 Å². The van der Waals surface area contributed by atoms with Gasteiger partial charge >= 0.3 is 0 Å². The number of rotatable bonds is 5. The van der Waals surface area contributed by atoms with Gasteiger partial charge in [-0.05, 0) is 30.5 Å². The standard InChI is InChI=1S/C22H28O10/c1-29-11-4-2-10(3-5-11)13-9-30-20-12(16(13)25)6-7-14(24)21(20)32-22-19(28)18(27)17(26)15(8-23)31-22/h2-5,9,12,14-15,17-24,26-28H,6-8H2,1H3/t12?,14?,15-,17-,18+,19-,20?,21?,22+/m1/s1. The average molecular weight is 452 g/mol. The minimum Gasteiger partial charge on any atom is -0.497 e. The summed E-state index contributed by atoms with van der Waals surface area (Å²) in [4.78, 5) is 13.2. The summed E-state index contributed by atoms with van der Waals surface area (Å²) in [6, 6.07) is 6.99. The van der Waals surface area contributed by atoms with Crippen LogP contribution in [-0.4, -0.2) is 94.1 Å². The van der Waals surface area contributed by atoms with Crippen molar-refractivity contribution in [3.63, 3.8) is 0 Å². The van der Waals surface area contributed by atoms with Gasteiger partial charge in [-0.15, -0.1) is 0 Å². The Bertz CT molecular complexity index is 838. The van der Waals surface area contributed by atoms with E-state index < -0.39 is 61.5 Å². The average Bonchev–Trinajstić information content (AvgIpc) is 2.81. The predicted molar refractivity (Wildman–Crippen MR) is 108 cm³/mol. The molecule has 176 valence electrons. The highest BCUT2D eigenvalue weighted by Gasteiger charge is 2.51. The number of aliphatic hydroxyl groups excluding tert-OH is 5. The van der Waals surface area contributed by atoms with Crippen LogP contribution >= 0.6 is 0 Å². The third-order valence-corrected chi connectivity index (χ3v) is 6.36. The molecular formula is C22H28O10. The van der Waals surface area contributed by atoms with Gasteiger partial charge in [0.2, 0.25) is 0 Å². The quantitative estimate of drug-likeness (QED) is 0.374. The van der Waals surface area contributed by atoms with Crippen LogP contribution in [0.5, 0.6) is 5.75 Å². The Morgan fingerprint density at radius 1 is 1.03 bits per heavy atom. The molecule has 4 unspecified atom stereocenters. The van der Waals surface area contributed by atoms with Gasteiger partial charge in [0, 0.05) is 0 Å². The number of methoxy groups -OCH3 is 1. The second kappa shape index (κ2) is 9.44. The fourth-order valence-corrected chi connectivity index (χ4v) is 4.47. The van der Waals surface area contributed by atoms with Crippen molar-refractivity contribution in [3.8, 4) is 5.75 Å². The van der Waals surface area contributed by atoms with Crippen molar-refractivity contribution in [2.24, 2.45) is 5.92 Å². The van der Waals surface area contributed by atoms with E-state index in [1.807, 2.05) is 0 Å². The lowest BCUT2D eigenvalue weighted by Gasteiger charge is -2.46. The van der Waals surface area contributed by atoms with E-state index in [4.69, 9.17) is 18.9 Å². The molecule has 2 heterocycles. The number of benzene rings is 1. The number of fused-ring (bicyclic) bond motifs is 1. The number of Topliss-reactive ketones (excluding diaryl/α,β-unsaturated/α-hetero) is 1. The van der Waals surface area contributed by atoms with E-state index in [2.05, 4.69) is 0 Å². The van der Waals surface area contributed by atoms with Crippen LogP contribution in [0.4, 0.5) is 0 Å². The zero-order valence-electron chi connectivity index (χ0n) is 17.5. The highest BCUT2D eigenvalue weighted by molar-refractivity contribution is 6.22. The fourth-order valence-electron chi connectivity index (χ4n) is 4.47. The Kier molecular flexibility index (Phi) is 6.82. The number of carbonyl (C=O) groups excluding carboxylic acids is 1. The van der Waals surface area contributed by atoms with E-state index >= 15 is 0 Å². The molecule has 9 atom stereocenters. The van der Waals surface area contributed by atoms with Crippen LogP contribution in [0.2, 0.25) is 0 Å². The van der Waals surface area contributed by atoms with E-state index in [1.165, 1.54) is 6.26 Å². The third kappa shape index (κ3) is 4.15. The minimum absolute atomic E-state index is 0.152. The van der Waals surface area contributed by atoms with Crippen molar-refractivity contribution >= 4 is 11.4 Å². The first kappa shape index (κ1) is 23.1. The molecule has 2 aliphatic heterocycles. The van der Waals surface area contributed by atoms with Crippen LogP contribution in [0.1, 0.15) is 18.4 Å². The van der Waals surface area contributed by atoms with Crippen LogP contribution in [-0.2, 0) is 19.0 Å². The molecule has 10 nitrogen and oxygen atoms in total. The number of carbonyl (C=O) groups is 1. The highest BCUT2D eigenvalue weighted by Crippen LogP contribution is 2.39. The molecule has 0 aromatic heterocycles. The molecule has 1 aromatic carbocycles. The highest BCUT2D eigenvalue weighted by atomic mass is 16.7. The summed E-state index contributed by atoms with van der Waals surface area (Å²) in [6.45, 7) is -0.604. The number of allylic oxidation sites excluding steroid dienone is 1. The lowest BCUT2D eigenvalue weighted by Crippen LogP contribution is -2.62. The van der Waals surface area contributed by atoms with E-state index in [1.54, 1.807) is 31.4 Å². The van der Waals surface area contributed by atoms with Gasteiger partial charge < -0.3 is 44.5 Å². The number of ketones is 1. The molecule has 5 N–H and O–H groups in total. The Labute approximate surface area is 184 Å². The van der Waals surface area contributed by atoms with Gasteiger partial charge in [0.05, 0.1) is 37.6 Å². The first-order valence-electron chi connectivity index (χ1n) is 10.5. The second-order valence-corrected chi connectivity index (χ2v) is 8.27. The summed E-state index contributed by atoms with van der Waals surface area (Å²) in [7, 11) is 1.55. The molecule has 4 rings (SSSR count). The maximum atomic E-state index is 13.2. The SMILES string of the molecule is COc1ccc(C2=COC3C(CCC(O)C3O[C@@H]3O[C@H](CO)[C@@H](O)[C@H](O)[C@H]3O)C2=O)cc1. The smallest absolute Gasteiger partial charge is 0.187 e. The van der Waals surface area contributed by atoms with Gasteiger partial charge in [0.1, 0.15) is 42.4 Å². The second-order valence-electron chi connectivity index (χ2n) is 8.27. The zero-order valence-corrected chi connectivity index (χ0v) is 17.5. The van der Waals surface area contributed by atoms with Crippen LogP contribution < -0.4 is 4.74 Å². The largest absolute Gasteiger partial charge is 0.497 e. The third-order valence-electron chi connectivity index (χ3n) is 6.36. The summed E-state index contributed by atoms with van der Waals surface area (Å²) >= 11 is 0. The van der Waals surface area contributed by atoms with E-state index in [9.17, 15) is 30.3 Å². The molecule has 0 radical (unpaired) electrons. The molecule has 1 saturated heterocycles. The van der Waals surface area contributed by atoms with Gasteiger partial charge in [-0.1, -0.05) is 12.1 Å². The van der Waals surface area contributed by atoms with Crippen molar-refractivity contribution in [1.29, 1.82) is 0 Å². The summed E-state index contributed by atoms with van der Waals surface area (Å²) < 4.78 is 22.1. The summed E-state index contributed by atoms with van der Waals surface area (Å²) in [5.74, 6) is -0.0821. The lowest BCUT2D eigenvalue weighted by atomic mass is 9.76. The maximum absolute atomic E-state index is 13.2. The molecule has 2 fully saturated rings. The van der Waals surface area contributed by atoms with Gasteiger partial charge in [-0.3, -0.25) is 4.79 Å². The van der Waals surface area contributed by atoms with Crippen LogP contribution in [0.3, 0.4) is 0 Å². The van der Waals surface area contributed by atoms with Crippen molar-refractivity contribution in [3.05, 3.63) is 36.1 Å². The topological polar surface area (TPSA) is 155 Å². The molecule has 3 aliphatic rings. The molecule has 1 aliphatic carbocycles. The molecule has 0 bridgehead atoms. The molecular weight excluding hydrogens is 424 g/mol. The van der Waals surface area contributed by atoms with Crippen LogP contribution in [0.15, 0.2) is 30.5 Å². The van der Waals surface area contributed by atoms with E-state index in [-0.39, 0.29) is 12.2 Å². The van der Waals surface area contributed by atoms with Crippen molar-refractivity contribution in [2.45, 2.75) is 61.9 Å². The number of hydrogen-bond acceptors (Lipinski definition) is 10. The maximum Gasteiger partial charge on any atom is 0.187 e. The number of aliphatic hydroxyl groups is 5. The van der Waals surface area contributed by atoms with Crippen molar-refractivity contribution in [1.82, 2.24) is 0 Å². The first-order valence-corrected chi connectivity index (χ1v) is 10.5. The molecule has 0 amide bonds. The lowest BCUT2D eigenvalue weighted by molar-refractivity contribution is -0.327. The Balaban J connectivity index is 1.53. The first-order chi connectivity index (χ1) is 15.3. The Hall–Kier alpha value is -2.05. The summed E-state index contributed by atoms with van der Waals surface area (Å²) in [5, 5.41) is 50.1. The predicted octanol–water partition coefficient (Wildman–Crippen LogP) is -1.04. The number of hydrogen-bond donors (Lipinski definition) is 5. The normalized spacial score (nSPS) is 39.6. The summed E-state index contributed by atoms with van der Waals surface area (Å²) in [6.07, 6.45) is -8.24. The molecule has 1 aromatic rings. The van der Waals surface area contributed by atoms with Gasteiger partial charge in [0.25, 0.3) is 0 Å². The van der Waals surface area contributed by atoms with Gasteiger partial charge in [0.15, 0.2) is 12.1 Å². The van der Waals surface area contributed by atoms with Crippen LogP contribution in [0.25, 0.3) is 5.57 Å². The zero-order chi connectivity index (χ0) is 23.0. The monoisotopic (exact) mass is 452 g/mol. The molecule has 32 heavy (non-hydrogen) atoms. The fraction of sp³-hybridized carbons (Fsp3) is 0.591.